The second kappa shape index (κ2) is 7.95. The highest BCUT2D eigenvalue weighted by Gasteiger charge is 2.42. The molecule has 0 aliphatic carbocycles. The van der Waals surface area contributed by atoms with Gasteiger partial charge in [-0.15, -0.1) is 0 Å². The second-order valence-corrected chi connectivity index (χ2v) is 8.93. The first-order valence-corrected chi connectivity index (χ1v) is 10.5. The largest absolute Gasteiger partial charge is 0.298 e. The smallest absolute Gasteiger partial charge is 0.128 e. The summed E-state index contributed by atoms with van der Waals surface area (Å²) in [4.78, 5) is 7.49. The minimum absolute atomic E-state index is 0.134. The normalized spacial score (nSPS) is 34.3. The number of fused-ring (bicyclic) bond motifs is 4. The Morgan fingerprint density at radius 1 is 1.00 bits per heavy atom. The molecule has 4 unspecified atom stereocenters. The highest BCUT2D eigenvalue weighted by atomic mass is 19.1. The lowest BCUT2D eigenvalue weighted by Crippen LogP contribution is -2.58. The van der Waals surface area contributed by atoms with Gasteiger partial charge < -0.3 is 0 Å². The van der Waals surface area contributed by atoms with Gasteiger partial charge in [-0.05, 0) is 44.6 Å². The predicted molar refractivity (Wildman–Crippen MR) is 105 cm³/mol. The van der Waals surface area contributed by atoms with Crippen molar-refractivity contribution < 1.29 is 4.39 Å². The zero-order valence-electron chi connectivity index (χ0n) is 16.4. The fraction of sp³-hybridized carbons (Fsp3) is 0.727. The zero-order valence-corrected chi connectivity index (χ0v) is 16.4. The predicted octanol–water partition coefficient (Wildman–Crippen LogP) is 3.40. The Labute approximate surface area is 158 Å². The Morgan fingerprint density at radius 3 is 2.54 bits per heavy atom. The van der Waals surface area contributed by atoms with Gasteiger partial charge >= 0.3 is 0 Å². The summed E-state index contributed by atoms with van der Waals surface area (Å²) < 4.78 is 15.0. The maximum Gasteiger partial charge on any atom is 0.128 e. The molecule has 3 nitrogen and oxygen atoms in total. The minimum Gasteiger partial charge on any atom is -0.298 e. The SMILES string of the molecule is CC(C)N1CCC(N2CC3CCC2CN(Cc2ccccc2)C3)C(F)C1. The van der Waals surface area contributed by atoms with Crippen LogP contribution >= 0.6 is 0 Å². The summed E-state index contributed by atoms with van der Waals surface area (Å²) in [6.07, 6.45) is 2.84. The molecule has 4 heteroatoms. The molecule has 4 atom stereocenters. The molecule has 0 spiro atoms. The van der Waals surface area contributed by atoms with Crippen LogP contribution in [-0.2, 0) is 6.54 Å². The highest BCUT2D eigenvalue weighted by molar-refractivity contribution is 5.14. The molecule has 4 aliphatic heterocycles. The molecule has 1 aromatic rings. The van der Waals surface area contributed by atoms with E-state index in [1.807, 2.05) is 0 Å². The number of nitrogens with zero attached hydrogens (tertiary/aromatic N) is 3. The third-order valence-corrected chi connectivity index (χ3v) is 6.78. The van der Waals surface area contributed by atoms with E-state index in [2.05, 4.69) is 58.9 Å². The van der Waals surface area contributed by atoms with Crippen molar-refractivity contribution in [2.45, 2.75) is 64.0 Å². The molecular weight excluding hydrogens is 325 g/mol. The van der Waals surface area contributed by atoms with E-state index in [4.69, 9.17) is 0 Å². The van der Waals surface area contributed by atoms with Gasteiger partial charge in [0, 0.05) is 57.4 Å². The van der Waals surface area contributed by atoms with Gasteiger partial charge in [-0.1, -0.05) is 30.3 Å². The lowest BCUT2D eigenvalue weighted by molar-refractivity contribution is -0.0146. The van der Waals surface area contributed by atoms with Gasteiger partial charge in [0.1, 0.15) is 6.17 Å². The Kier molecular flexibility index (Phi) is 5.63. The van der Waals surface area contributed by atoms with Gasteiger partial charge in [-0.2, -0.15) is 0 Å². The number of likely N-dealkylation sites (tertiary alicyclic amines) is 1. The van der Waals surface area contributed by atoms with E-state index in [1.165, 1.54) is 24.9 Å². The molecule has 1 aromatic carbocycles. The van der Waals surface area contributed by atoms with Gasteiger partial charge in [-0.25, -0.2) is 4.39 Å². The third kappa shape index (κ3) is 3.97. The Balaban J connectivity index is 1.42. The Hall–Kier alpha value is -0.970. The maximum atomic E-state index is 15.0. The van der Waals surface area contributed by atoms with Crippen LogP contribution in [0.15, 0.2) is 30.3 Å². The fourth-order valence-electron chi connectivity index (χ4n) is 5.35. The van der Waals surface area contributed by atoms with E-state index in [-0.39, 0.29) is 6.04 Å². The first kappa shape index (κ1) is 18.4. The molecule has 4 aliphatic rings. The first-order chi connectivity index (χ1) is 12.6. The Morgan fingerprint density at radius 2 is 1.81 bits per heavy atom. The highest BCUT2D eigenvalue weighted by Crippen LogP contribution is 2.33. The average Bonchev–Trinajstić information content (AvgIpc) is 2.93. The van der Waals surface area contributed by atoms with Crippen LogP contribution in [0.4, 0.5) is 4.39 Å². The number of alkyl halides is 1. The third-order valence-electron chi connectivity index (χ3n) is 6.78. The molecule has 144 valence electrons. The van der Waals surface area contributed by atoms with Crippen LogP contribution in [0.5, 0.6) is 0 Å². The molecule has 2 bridgehead atoms. The van der Waals surface area contributed by atoms with Gasteiger partial charge in [-0.3, -0.25) is 14.7 Å². The van der Waals surface area contributed by atoms with Crippen LogP contribution in [0, 0.1) is 5.92 Å². The molecule has 4 fully saturated rings. The molecule has 5 rings (SSSR count). The lowest BCUT2D eigenvalue weighted by Gasteiger charge is -2.47. The number of rotatable bonds is 4. The van der Waals surface area contributed by atoms with Crippen LogP contribution in [-0.4, -0.2) is 71.7 Å². The van der Waals surface area contributed by atoms with Crippen molar-refractivity contribution in [1.82, 2.24) is 14.7 Å². The number of halogens is 1. The summed E-state index contributed by atoms with van der Waals surface area (Å²) in [7, 11) is 0. The summed E-state index contributed by atoms with van der Waals surface area (Å²) >= 11 is 0. The molecule has 4 heterocycles. The van der Waals surface area contributed by atoms with Crippen LogP contribution < -0.4 is 0 Å². The summed E-state index contributed by atoms with van der Waals surface area (Å²) in [5.74, 6) is 0.702. The monoisotopic (exact) mass is 359 g/mol. The number of benzene rings is 1. The number of piperidine rings is 2. The van der Waals surface area contributed by atoms with E-state index in [0.29, 0.717) is 24.5 Å². The van der Waals surface area contributed by atoms with Crippen LogP contribution in [0.2, 0.25) is 0 Å². The molecule has 26 heavy (non-hydrogen) atoms. The molecule has 0 saturated carbocycles. The standard InChI is InChI=1S/C22H34FN3/c1-17(2)25-11-10-22(21(23)16-25)26-14-19-8-9-20(26)15-24(13-19)12-18-6-4-3-5-7-18/h3-7,17,19-22H,8-16H2,1-2H3. The van der Waals surface area contributed by atoms with E-state index in [9.17, 15) is 0 Å². The van der Waals surface area contributed by atoms with Crippen molar-refractivity contribution in [3.63, 3.8) is 0 Å². The van der Waals surface area contributed by atoms with Gasteiger partial charge in [0.25, 0.3) is 0 Å². The van der Waals surface area contributed by atoms with Gasteiger partial charge in [0.2, 0.25) is 0 Å². The summed E-state index contributed by atoms with van der Waals surface area (Å²) in [5, 5.41) is 0. The van der Waals surface area contributed by atoms with E-state index >= 15 is 4.39 Å². The van der Waals surface area contributed by atoms with E-state index < -0.39 is 6.17 Å². The van der Waals surface area contributed by atoms with Gasteiger partial charge in [0.15, 0.2) is 0 Å². The molecule has 0 amide bonds. The van der Waals surface area contributed by atoms with Crippen molar-refractivity contribution in [3.05, 3.63) is 35.9 Å². The van der Waals surface area contributed by atoms with Crippen molar-refractivity contribution in [1.29, 1.82) is 0 Å². The van der Waals surface area contributed by atoms with Gasteiger partial charge in [0.05, 0.1) is 0 Å². The molecular formula is C22H34FN3. The van der Waals surface area contributed by atoms with Crippen LogP contribution in [0.1, 0.15) is 38.7 Å². The molecule has 0 aromatic heterocycles. The number of hydrogen-bond donors (Lipinski definition) is 0. The lowest BCUT2D eigenvalue weighted by atomic mass is 9.90. The van der Waals surface area contributed by atoms with Crippen molar-refractivity contribution in [2.24, 2.45) is 5.92 Å². The molecule has 0 radical (unpaired) electrons. The quantitative estimate of drug-likeness (QED) is 0.816. The minimum atomic E-state index is -0.701. The van der Waals surface area contributed by atoms with Crippen molar-refractivity contribution >= 4 is 0 Å². The van der Waals surface area contributed by atoms with Crippen LogP contribution in [0.3, 0.4) is 0 Å². The summed E-state index contributed by atoms with van der Waals surface area (Å²) in [5.41, 5.74) is 1.40. The van der Waals surface area contributed by atoms with Crippen LogP contribution in [0.25, 0.3) is 0 Å². The first-order valence-electron chi connectivity index (χ1n) is 10.5. The summed E-state index contributed by atoms with van der Waals surface area (Å²) in [6.45, 7) is 10.4. The second-order valence-electron chi connectivity index (χ2n) is 8.93. The number of hydrogen-bond acceptors (Lipinski definition) is 3. The molecule has 0 N–H and O–H groups in total. The fourth-order valence-corrected chi connectivity index (χ4v) is 5.35. The van der Waals surface area contributed by atoms with E-state index in [0.717, 1.165) is 32.6 Å². The molecule has 4 saturated heterocycles. The zero-order chi connectivity index (χ0) is 18.1. The average molecular weight is 360 g/mol. The Bertz CT molecular complexity index is 578. The van der Waals surface area contributed by atoms with Crippen molar-refractivity contribution in [2.75, 3.05) is 32.7 Å². The van der Waals surface area contributed by atoms with Crippen molar-refractivity contribution in [3.8, 4) is 0 Å². The maximum absolute atomic E-state index is 15.0. The van der Waals surface area contributed by atoms with E-state index in [1.54, 1.807) is 0 Å². The topological polar surface area (TPSA) is 9.72 Å². The summed E-state index contributed by atoms with van der Waals surface area (Å²) in [6, 6.07) is 11.9.